The highest BCUT2D eigenvalue weighted by atomic mass is 32.1. The fraction of sp³-hybridized carbons (Fsp3) is 0.0141. The van der Waals surface area contributed by atoms with Crippen LogP contribution in [0, 0.1) is 0 Å². The van der Waals surface area contributed by atoms with Crippen molar-refractivity contribution in [3.8, 4) is 44.5 Å². The lowest BCUT2D eigenvalue weighted by molar-refractivity contribution is 0.669. The van der Waals surface area contributed by atoms with Crippen LogP contribution in [0.15, 0.2) is 277 Å². The second kappa shape index (κ2) is 16.9. The Morgan fingerprint density at radius 3 is 1.61 bits per heavy atom. The summed E-state index contributed by atoms with van der Waals surface area (Å²) in [4.78, 5) is 2.40. The first-order valence-electron chi connectivity index (χ1n) is 25.4. The van der Waals surface area contributed by atoms with Gasteiger partial charge in [-0.05, 0) is 138 Å². The van der Waals surface area contributed by atoms with Gasteiger partial charge in [0.05, 0.1) is 5.41 Å². The van der Waals surface area contributed by atoms with Gasteiger partial charge < -0.3 is 9.32 Å². The van der Waals surface area contributed by atoms with Gasteiger partial charge in [-0.25, -0.2) is 0 Å². The van der Waals surface area contributed by atoms with Gasteiger partial charge in [0.25, 0.3) is 0 Å². The third-order valence-corrected chi connectivity index (χ3v) is 16.8. The normalized spacial score (nSPS) is 12.7. The summed E-state index contributed by atoms with van der Waals surface area (Å²) in [6, 6.07) is 100. The van der Waals surface area contributed by atoms with E-state index in [0.717, 1.165) is 55.7 Å². The molecule has 2 nitrogen and oxygen atoms in total. The van der Waals surface area contributed by atoms with Crippen molar-refractivity contribution < 1.29 is 4.42 Å². The number of thiophene rings is 1. The zero-order valence-corrected chi connectivity index (χ0v) is 41.1. The molecule has 2 heterocycles. The Labute approximate surface area is 433 Å². The molecule has 0 spiro atoms. The summed E-state index contributed by atoms with van der Waals surface area (Å²) in [5.41, 5.74) is 19.2. The van der Waals surface area contributed by atoms with Gasteiger partial charge in [-0.3, -0.25) is 0 Å². The van der Waals surface area contributed by atoms with Crippen LogP contribution < -0.4 is 4.90 Å². The number of hydrogen-bond donors (Lipinski definition) is 0. The van der Waals surface area contributed by atoms with Crippen LogP contribution in [-0.4, -0.2) is 0 Å². The highest BCUT2D eigenvalue weighted by Gasteiger charge is 2.46. The lowest BCUT2D eigenvalue weighted by Crippen LogP contribution is -2.28. The van der Waals surface area contributed by atoms with E-state index in [0.29, 0.717) is 0 Å². The maximum Gasteiger partial charge on any atom is 0.136 e. The molecule has 0 aliphatic heterocycles. The van der Waals surface area contributed by atoms with Crippen LogP contribution in [0.5, 0.6) is 0 Å². The molecule has 0 unspecified atom stereocenters. The molecule has 0 saturated carbocycles. The van der Waals surface area contributed by atoms with E-state index >= 15 is 0 Å². The van der Waals surface area contributed by atoms with Crippen LogP contribution in [0.2, 0.25) is 0 Å². The number of nitrogens with zero attached hydrogens (tertiary/aromatic N) is 1. The summed E-state index contributed by atoms with van der Waals surface area (Å²) in [5.74, 6) is 0. The summed E-state index contributed by atoms with van der Waals surface area (Å²) in [6.45, 7) is 0. The molecule has 15 rings (SSSR count). The fourth-order valence-electron chi connectivity index (χ4n) is 12.2. The molecule has 3 heteroatoms. The van der Waals surface area contributed by atoms with Gasteiger partial charge in [-0.1, -0.05) is 212 Å². The molecule has 0 N–H and O–H groups in total. The highest BCUT2D eigenvalue weighted by Crippen LogP contribution is 2.57. The van der Waals surface area contributed by atoms with E-state index in [1.165, 1.54) is 81.0 Å². The van der Waals surface area contributed by atoms with Crippen LogP contribution in [0.3, 0.4) is 0 Å². The van der Waals surface area contributed by atoms with Gasteiger partial charge >= 0.3 is 0 Å². The third kappa shape index (κ3) is 6.57. The quantitative estimate of drug-likeness (QED) is 0.151. The van der Waals surface area contributed by atoms with Crippen molar-refractivity contribution in [2.45, 2.75) is 5.41 Å². The number of furan rings is 1. The van der Waals surface area contributed by atoms with E-state index in [2.05, 4.69) is 266 Å². The first-order valence-corrected chi connectivity index (χ1v) is 26.2. The van der Waals surface area contributed by atoms with Gasteiger partial charge in [0.1, 0.15) is 11.2 Å². The minimum atomic E-state index is -0.450. The predicted molar refractivity (Wildman–Crippen MR) is 312 cm³/mol. The standard InChI is InChI=1S/C71H45NOS/c1-3-19-52(20-4-1)71(53-21-5-2-6-22-53)65-30-11-9-26-59(65)64-44-50(36-41-66(64)71)48-17-13-23-55(42-48)72(56-24-14-18-49(43-56)51-35-39-61-60-27-10-12-31-67(60)73-68(61)45-51)54-37-32-47(33-38-54)58-28-15-29-62-63-40-34-46-16-7-8-25-57(46)70(63)74-69(58)62/h1-45H. The molecule has 14 aromatic rings. The van der Waals surface area contributed by atoms with Crippen LogP contribution in [0.4, 0.5) is 17.1 Å². The minimum absolute atomic E-state index is 0.450. The summed E-state index contributed by atoms with van der Waals surface area (Å²) in [6.07, 6.45) is 0. The van der Waals surface area contributed by atoms with E-state index in [-0.39, 0.29) is 0 Å². The smallest absolute Gasteiger partial charge is 0.136 e. The molecule has 0 atom stereocenters. The van der Waals surface area contributed by atoms with Crippen molar-refractivity contribution in [3.05, 3.63) is 295 Å². The average Bonchev–Trinajstić information content (AvgIpc) is 4.19. The molecule has 1 aliphatic rings. The first-order chi connectivity index (χ1) is 36.7. The molecule has 12 aromatic carbocycles. The van der Waals surface area contributed by atoms with E-state index < -0.39 is 5.41 Å². The zero-order valence-electron chi connectivity index (χ0n) is 40.2. The Morgan fingerprint density at radius 2 is 0.838 bits per heavy atom. The predicted octanol–water partition coefficient (Wildman–Crippen LogP) is 19.9. The van der Waals surface area contributed by atoms with Crippen molar-refractivity contribution in [2.24, 2.45) is 0 Å². The molecule has 346 valence electrons. The lowest BCUT2D eigenvalue weighted by Gasteiger charge is -2.33. The number of anilines is 3. The van der Waals surface area contributed by atoms with E-state index in [9.17, 15) is 0 Å². The molecule has 0 radical (unpaired) electrons. The Bertz CT molecular complexity index is 4450. The average molecular weight is 960 g/mol. The number of fused-ring (bicyclic) bond motifs is 11. The zero-order chi connectivity index (χ0) is 48.7. The van der Waals surface area contributed by atoms with Gasteiger partial charge in [-0.15, -0.1) is 11.3 Å². The lowest BCUT2D eigenvalue weighted by atomic mass is 9.67. The van der Waals surface area contributed by atoms with E-state index in [1.807, 2.05) is 23.5 Å². The van der Waals surface area contributed by atoms with Gasteiger partial charge in [0.15, 0.2) is 0 Å². The van der Waals surface area contributed by atoms with Crippen molar-refractivity contribution in [1.29, 1.82) is 0 Å². The molecule has 74 heavy (non-hydrogen) atoms. The molecular formula is C71H45NOS. The summed E-state index contributed by atoms with van der Waals surface area (Å²) >= 11 is 1.90. The second-order valence-electron chi connectivity index (χ2n) is 19.5. The maximum atomic E-state index is 6.39. The Kier molecular flexibility index (Phi) is 9.70. The number of para-hydroxylation sites is 1. The Balaban J connectivity index is 0.867. The maximum absolute atomic E-state index is 6.39. The van der Waals surface area contributed by atoms with Crippen molar-refractivity contribution >= 4 is 81.3 Å². The summed E-state index contributed by atoms with van der Waals surface area (Å²) in [5, 5.41) is 7.45. The van der Waals surface area contributed by atoms with Crippen LogP contribution in [-0.2, 0) is 5.41 Å². The van der Waals surface area contributed by atoms with Crippen molar-refractivity contribution in [3.63, 3.8) is 0 Å². The number of benzene rings is 12. The first kappa shape index (κ1) is 42.4. The van der Waals surface area contributed by atoms with Gasteiger partial charge in [0, 0.05) is 48.0 Å². The second-order valence-corrected chi connectivity index (χ2v) is 20.5. The number of rotatable bonds is 8. The SMILES string of the molecule is c1ccc(C2(c3ccccc3)c3ccccc3-c3cc(-c4cccc(N(c5ccc(-c6cccc7c6sc6c8ccccc8ccc76)cc5)c5cccc(-c6ccc7c(c6)oc6ccccc67)c5)c4)ccc32)cc1. The van der Waals surface area contributed by atoms with E-state index in [1.54, 1.807) is 0 Å². The summed E-state index contributed by atoms with van der Waals surface area (Å²) < 4.78 is 9.04. The monoisotopic (exact) mass is 959 g/mol. The van der Waals surface area contributed by atoms with Crippen molar-refractivity contribution in [2.75, 3.05) is 4.90 Å². The topological polar surface area (TPSA) is 16.4 Å². The molecule has 0 bridgehead atoms. The molecular weight excluding hydrogens is 915 g/mol. The number of hydrogen-bond acceptors (Lipinski definition) is 3. The fourth-order valence-corrected chi connectivity index (χ4v) is 13.5. The van der Waals surface area contributed by atoms with Gasteiger partial charge in [-0.2, -0.15) is 0 Å². The minimum Gasteiger partial charge on any atom is -0.456 e. The van der Waals surface area contributed by atoms with Crippen LogP contribution >= 0.6 is 11.3 Å². The highest BCUT2D eigenvalue weighted by molar-refractivity contribution is 7.27. The summed E-state index contributed by atoms with van der Waals surface area (Å²) in [7, 11) is 0. The molecule has 2 aromatic heterocycles. The Hall–Kier alpha value is -9.28. The van der Waals surface area contributed by atoms with Gasteiger partial charge in [0.2, 0.25) is 0 Å². The van der Waals surface area contributed by atoms with E-state index in [4.69, 9.17) is 4.42 Å². The largest absolute Gasteiger partial charge is 0.456 e. The molecule has 0 amide bonds. The van der Waals surface area contributed by atoms with Crippen molar-refractivity contribution in [1.82, 2.24) is 0 Å². The Morgan fingerprint density at radius 1 is 0.297 bits per heavy atom. The third-order valence-electron chi connectivity index (χ3n) is 15.5. The van der Waals surface area contributed by atoms with Crippen LogP contribution in [0.1, 0.15) is 22.3 Å². The molecule has 1 aliphatic carbocycles. The molecule has 0 fully saturated rings. The molecule has 0 saturated heterocycles. The van der Waals surface area contributed by atoms with Crippen LogP contribution in [0.25, 0.3) is 97.4 Å².